The molecule has 1 amide bonds. The predicted molar refractivity (Wildman–Crippen MR) is 98.6 cm³/mol. The topological polar surface area (TPSA) is 47.6 Å². The van der Waals surface area contributed by atoms with E-state index in [0.29, 0.717) is 22.7 Å². The highest BCUT2D eigenvalue weighted by molar-refractivity contribution is 6.06. The summed E-state index contributed by atoms with van der Waals surface area (Å²) < 4.78 is 11.1. The first-order chi connectivity index (χ1) is 12.2. The first kappa shape index (κ1) is 16.6. The molecule has 3 aromatic rings. The van der Waals surface area contributed by atoms with Gasteiger partial charge in [-0.25, -0.2) is 0 Å². The van der Waals surface area contributed by atoms with Crippen molar-refractivity contribution in [3.63, 3.8) is 0 Å². The van der Waals surface area contributed by atoms with E-state index in [-0.39, 0.29) is 5.91 Å². The van der Waals surface area contributed by atoms with Crippen LogP contribution in [0, 0.1) is 6.92 Å². The SMILES string of the molecule is COc1ccccc1C(=O)Nc1cccc(Oc2ccc(C)cc2)c1. The van der Waals surface area contributed by atoms with Crippen molar-refractivity contribution >= 4 is 11.6 Å². The molecule has 3 aromatic carbocycles. The summed E-state index contributed by atoms with van der Waals surface area (Å²) in [5.41, 5.74) is 2.31. The molecule has 0 saturated carbocycles. The Labute approximate surface area is 147 Å². The van der Waals surface area contributed by atoms with Crippen molar-refractivity contribution in [3.05, 3.63) is 83.9 Å². The zero-order valence-electron chi connectivity index (χ0n) is 14.2. The number of carbonyl (C=O) groups excluding carboxylic acids is 1. The lowest BCUT2D eigenvalue weighted by atomic mass is 10.2. The van der Waals surface area contributed by atoms with E-state index in [1.165, 1.54) is 5.56 Å². The van der Waals surface area contributed by atoms with Gasteiger partial charge >= 0.3 is 0 Å². The third kappa shape index (κ3) is 4.18. The van der Waals surface area contributed by atoms with Crippen molar-refractivity contribution in [1.82, 2.24) is 0 Å². The molecule has 126 valence electrons. The first-order valence-corrected chi connectivity index (χ1v) is 7.94. The molecular weight excluding hydrogens is 314 g/mol. The number of carbonyl (C=O) groups is 1. The Morgan fingerprint density at radius 1 is 0.880 bits per heavy atom. The fourth-order valence-electron chi connectivity index (χ4n) is 2.41. The fraction of sp³-hybridized carbons (Fsp3) is 0.0952. The van der Waals surface area contributed by atoms with E-state index in [9.17, 15) is 4.79 Å². The zero-order valence-corrected chi connectivity index (χ0v) is 14.2. The van der Waals surface area contributed by atoms with Crippen molar-refractivity contribution in [2.24, 2.45) is 0 Å². The Bertz CT molecular complexity index is 872. The Kier molecular flexibility index (Phi) is 5.00. The molecule has 0 aromatic heterocycles. The number of anilines is 1. The Morgan fingerprint density at radius 2 is 1.64 bits per heavy atom. The van der Waals surface area contributed by atoms with Crippen LogP contribution in [0.25, 0.3) is 0 Å². The van der Waals surface area contributed by atoms with Gasteiger partial charge in [0.1, 0.15) is 17.2 Å². The molecule has 0 aliphatic heterocycles. The highest BCUT2D eigenvalue weighted by Crippen LogP contribution is 2.25. The largest absolute Gasteiger partial charge is 0.496 e. The molecule has 25 heavy (non-hydrogen) atoms. The molecule has 0 bridgehead atoms. The van der Waals surface area contributed by atoms with Crippen LogP contribution in [-0.2, 0) is 0 Å². The Morgan fingerprint density at radius 3 is 2.40 bits per heavy atom. The van der Waals surface area contributed by atoms with Crippen LogP contribution in [0.15, 0.2) is 72.8 Å². The van der Waals surface area contributed by atoms with E-state index < -0.39 is 0 Å². The number of benzene rings is 3. The summed E-state index contributed by atoms with van der Waals surface area (Å²) in [7, 11) is 1.54. The monoisotopic (exact) mass is 333 g/mol. The van der Waals surface area contributed by atoms with Crippen LogP contribution < -0.4 is 14.8 Å². The van der Waals surface area contributed by atoms with Gasteiger partial charge in [0, 0.05) is 11.8 Å². The number of amides is 1. The lowest BCUT2D eigenvalue weighted by Gasteiger charge is -2.11. The van der Waals surface area contributed by atoms with Crippen molar-refractivity contribution in [1.29, 1.82) is 0 Å². The van der Waals surface area contributed by atoms with Gasteiger partial charge in [-0.3, -0.25) is 4.79 Å². The van der Waals surface area contributed by atoms with E-state index in [1.807, 2.05) is 55.5 Å². The molecular formula is C21H19NO3. The highest BCUT2D eigenvalue weighted by Gasteiger charge is 2.12. The van der Waals surface area contributed by atoms with E-state index in [4.69, 9.17) is 9.47 Å². The highest BCUT2D eigenvalue weighted by atomic mass is 16.5. The molecule has 0 unspecified atom stereocenters. The van der Waals surface area contributed by atoms with Crippen LogP contribution in [-0.4, -0.2) is 13.0 Å². The average molecular weight is 333 g/mol. The number of methoxy groups -OCH3 is 1. The third-order valence-electron chi connectivity index (χ3n) is 3.70. The number of aryl methyl sites for hydroxylation is 1. The van der Waals surface area contributed by atoms with Crippen LogP contribution >= 0.6 is 0 Å². The summed E-state index contributed by atoms with van der Waals surface area (Å²) in [4.78, 5) is 12.5. The second kappa shape index (κ2) is 7.53. The maximum absolute atomic E-state index is 12.5. The molecule has 0 saturated heterocycles. The van der Waals surface area contributed by atoms with Crippen LogP contribution in [0.3, 0.4) is 0 Å². The average Bonchev–Trinajstić information content (AvgIpc) is 2.64. The van der Waals surface area contributed by atoms with Gasteiger partial charge in [0.2, 0.25) is 0 Å². The molecule has 0 radical (unpaired) electrons. The van der Waals surface area contributed by atoms with E-state index in [0.717, 1.165) is 5.75 Å². The molecule has 4 heteroatoms. The Hall–Kier alpha value is -3.27. The molecule has 0 aliphatic rings. The standard InChI is InChI=1S/C21H19NO3/c1-15-10-12-17(13-11-15)25-18-7-5-6-16(14-18)22-21(23)19-8-3-4-9-20(19)24-2/h3-14H,1-2H3,(H,22,23). The molecule has 0 atom stereocenters. The van der Waals surface area contributed by atoms with E-state index >= 15 is 0 Å². The Balaban J connectivity index is 1.75. The predicted octanol–water partition coefficient (Wildman–Crippen LogP) is 5.05. The van der Waals surface area contributed by atoms with E-state index in [1.54, 1.807) is 31.4 Å². The van der Waals surface area contributed by atoms with Gasteiger partial charge in [0.15, 0.2) is 0 Å². The van der Waals surface area contributed by atoms with Crippen molar-refractivity contribution in [3.8, 4) is 17.2 Å². The fourth-order valence-corrected chi connectivity index (χ4v) is 2.41. The summed E-state index contributed by atoms with van der Waals surface area (Å²) >= 11 is 0. The van der Waals surface area contributed by atoms with Gasteiger partial charge < -0.3 is 14.8 Å². The van der Waals surface area contributed by atoms with Gasteiger partial charge in [-0.2, -0.15) is 0 Å². The second-order valence-corrected chi connectivity index (χ2v) is 5.60. The summed E-state index contributed by atoms with van der Waals surface area (Å²) in [5, 5.41) is 2.87. The minimum atomic E-state index is -0.232. The molecule has 0 spiro atoms. The van der Waals surface area contributed by atoms with Crippen LogP contribution in [0.5, 0.6) is 17.2 Å². The minimum Gasteiger partial charge on any atom is -0.496 e. The lowest BCUT2D eigenvalue weighted by Crippen LogP contribution is -2.13. The number of hydrogen-bond acceptors (Lipinski definition) is 3. The number of para-hydroxylation sites is 1. The summed E-state index contributed by atoms with van der Waals surface area (Å²) in [6.45, 7) is 2.03. The number of hydrogen-bond donors (Lipinski definition) is 1. The molecule has 1 N–H and O–H groups in total. The lowest BCUT2D eigenvalue weighted by molar-refractivity contribution is 0.102. The van der Waals surface area contributed by atoms with Crippen LogP contribution in [0.4, 0.5) is 5.69 Å². The second-order valence-electron chi connectivity index (χ2n) is 5.60. The van der Waals surface area contributed by atoms with Gasteiger partial charge in [-0.1, -0.05) is 35.9 Å². The normalized spacial score (nSPS) is 10.2. The first-order valence-electron chi connectivity index (χ1n) is 7.94. The quantitative estimate of drug-likeness (QED) is 0.711. The van der Waals surface area contributed by atoms with Crippen molar-refractivity contribution in [2.45, 2.75) is 6.92 Å². The smallest absolute Gasteiger partial charge is 0.259 e. The summed E-state index contributed by atoms with van der Waals surface area (Å²) in [6.07, 6.45) is 0. The molecule has 0 heterocycles. The zero-order chi connectivity index (χ0) is 17.6. The van der Waals surface area contributed by atoms with Gasteiger partial charge in [0.05, 0.1) is 12.7 Å². The minimum absolute atomic E-state index is 0.232. The molecule has 0 fully saturated rings. The van der Waals surface area contributed by atoms with E-state index in [2.05, 4.69) is 5.32 Å². The van der Waals surface area contributed by atoms with Gasteiger partial charge in [-0.15, -0.1) is 0 Å². The van der Waals surface area contributed by atoms with Crippen molar-refractivity contribution < 1.29 is 14.3 Å². The maximum atomic E-state index is 12.5. The third-order valence-corrected chi connectivity index (χ3v) is 3.70. The molecule has 3 rings (SSSR count). The maximum Gasteiger partial charge on any atom is 0.259 e. The number of nitrogens with one attached hydrogen (secondary N) is 1. The number of rotatable bonds is 5. The molecule has 0 aliphatic carbocycles. The molecule has 4 nitrogen and oxygen atoms in total. The van der Waals surface area contributed by atoms with Gasteiger partial charge in [-0.05, 0) is 43.3 Å². The van der Waals surface area contributed by atoms with Crippen LogP contribution in [0.2, 0.25) is 0 Å². The summed E-state index contributed by atoms with van der Waals surface area (Å²) in [6, 6.07) is 22.2. The number of ether oxygens (including phenoxy) is 2. The summed E-state index contributed by atoms with van der Waals surface area (Å²) in [5.74, 6) is 1.71. The van der Waals surface area contributed by atoms with Crippen molar-refractivity contribution in [2.75, 3.05) is 12.4 Å². The van der Waals surface area contributed by atoms with Crippen LogP contribution in [0.1, 0.15) is 15.9 Å². The van der Waals surface area contributed by atoms with Gasteiger partial charge in [0.25, 0.3) is 5.91 Å².